The average Bonchev–Trinajstić information content (AvgIpc) is 2.45. The summed E-state index contributed by atoms with van der Waals surface area (Å²) >= 11 is 5.79. The SMILES string of the molecule is C=CCN(CCO)C(=O)N(CC(=O)O)c1ccc(Cl)cc1. The molecule has 0 aromatic heterocycles. The van der Waals surface area contributed by atoms with Gasteiger partial charge in [0.15, 0.2) is 0 Å². The predicted molar refractivity (Wildman–Crippen MR) is 80.7 cm³/mol. The lowest BCUT2D eigenvalue weighted by molar-refractivity contribution is -0.135. The Morgan fingerprint density at radius 3 is 2.38 bits per heavy atom. The van der Waals surface area contributed by atoms with Gasteiger partial charge in [0.2, 0.25) is 0 Å². The maximum Gasteiger partial charge on any atom is 0.325 e. The minimum absolute atomic E-state index is 0.0918. The number of aliphatic hydroxyl groups excluding tert-OH is 1. The fourth-order valence-electron chi connectivity index (χ4n) is 1.74. The van der Waals surface area contributed by atoms with Crippen LogP contribution in [0.25, 0.3) is 0 Å². The first kappa shape index (κ1) is 17.0. The Hall–Kier alpha value is -2.05. The van der Waals surface area contributed by atoms with E-state index in [0.717, 1.165) is 4.90 Å². The first-order chi connectivity index (χ1) is 9.99. The molecular weight excluding hydrogens is 296 g/mol. The third-order valence-corrected chi connectivity index (χ3v) is 2.90. The van der Waals surface area contributed by atoms with Crippen LogP contribution in [0.1, 0.15) is 0 Å². The van der Waals surface area contributed by atoms with E-state index in [1.165, 1.54) is 11.0 Å². The van der Waals surface area contributed by atoms with E-state index in [2.05, 4.69) is 6.58 Å². The number of aliphatic carboxylic acids is 1. The van der Waals surface area contributed by atoms with Gasteiger partial charge in [-0.25, -0.2) is 4.79 Å². The van der Waals surface area contributed by atoms with Crippen LogP contribution in [-0.4, -0.2) is 53.4 Å². The molecule has 1 aromatic rings. The van der Waals surface area contributed by atoms with E-state index in [-0.39, 0.29) is 19.7 Å². The Bertz CT molecular complexity index is 504. The van der Waals surface area contributed by atoms with Gasteiger partial charge in [0.25, 0.3) is 0 Å². The highest BCUT2D eigenvalue weighted by molar-refractivity contribution is 6.30. The molecule has 21 heavy (non-hydrogen) atoms. The average molecular weight is 313 g/mol. The number of halogens is 1. The summed E-state index contributed by atoms with van der Waals surface area (Å²) < 4.78 is 0. The zero-order valence-corrected chi connectivity index (χ0v) is 12.2. The quantitative estimate of drug-likeness (QED) is 0.753. The standard InChI is InChI=1S/C14H17ClN2O4/c1-2-7-16(8-9-18)14(21)17(10-13(19)20)12-5-3-11(15)4-6-12/h2-6,18H,1,7-10H2,(H,19,20). The maximum absolute atomic E-state index is 12.4. The summed E-state index contributed by atoms with van der Waals surface area (Å²) in [5, 5.41) is 18.5. The van der Waals surface area contributed by atoms with Gasteiger partial charge in [-0.2, -0.15) is 0 Å². The number of nitrogens with zero attached hydrogens (tertiary/aromatic N) is 2. The summed E-state index contributed by atoms with van der Waals surface area (Å²) in [5.41, 5.74) is 0.416. The van der Waals surface area contributed by atoms with Gasteiger partial charge in [-0.3, -0.25) is 9.69 Å². The predicted octanol–water partition coefficient (Wildman–Crippen LogP) is 1.83. The van der Waals surface area contributed by atoms with Crippen LogP contribution >= 0.6 is 11.6 Å². The fourth-order valence-corrected chi connectivity index (χ4v) is 1.86. The second kappa shape index (κ2) is 8.28. The number of carbonyl (C=O) groups excluding carboxylic acids is 1. The number of carboxylic acid groups (broad SMARTS) is 1. The van der Waals surface area contributed by atoms with Crippen molar-refractivity contribution in [3.05, 3.63) is 41.9 Å². The van der Waals surface area contributed by atoms with Crippen molar-refractivity contribution >= 4 is 29.3 Å². The van der Waals surface area contributed by atoms with Gasteiger partial charge in [-0.1, -0.05) is 17.7 Å². The molecule has 0 atom stereocenters. The van der Waals surface area contributed by atoms with Crippen molar-refractivity contribution < 1.29 is 19.8 Å². The number of urea groups is 1. The molecule has 6 nitrogen and oxygen atoms in total. The van der Waals surface area contributed by atoms with Gasteiger partial charge in [0, 0.05) is 23.8 Å². The zero-order chi connectivity index (χ0) is 15.8. The summed E-state index contributed by atoms with van der Waals surface area (Å²) in [6.07, 6.45) is 1.51. The third kappa shape index (κ3) is 5.09. The van der Waals surface area contributed by atoms with Crippen LogP contribution in [0.4, 0.5) is 10.5 Å². The number of aliphatic hydroxyl groups is 1. The highest BCUT2D eigenvalue weighted by atomic mass is 35.5. The molecule has 7 heteroatoms. The number of hydrogen-bond donors (Lipinski definition) is 2. The number of anilines is 1. The lowest BCUT2D eigenvalue weighted by atomic mass is 10.3. The van der Waals surface area contributed by atoms with Gasteiger partial charge < -0.3 is 15.1 Å². The Kier molecular flexibility index (Phi) is 6.71. The minimum atomic E-state index is -1.14. The van der Waals surface area contributed by atoms with E-state index >= 15 is 0 Å². The molecule has 0 saturated heterocycles. The van der Waals surface area contributed by atoms with E-state index in [1.54, 1.807) is 24.3 Å². The molecule has 1 aromatic carbocycles. The molecule has 0 radical (unpaired) electrons. The number of rotatable bonds is 7. The minimum Gasteiger partial charge on any atom is -0.480 e. The summed E-state index contributed by atoms with van der Waals surface area (Å²) in [5.74, 6) is -1.14. The van der Waals surface area contributed by atoms with E-state index in [4.69, 9.17) is 21.8 Å². The van der Waals surface area contributed by atoms with E-state index in [1.807, 2.05) is 0 Å². The molecule has 0 saturated carbocycles. The van der Waals surface area contributed by atoms with Crippen LogP contribution in [0.15, 0.2) is 36.9 Å². The van der Waals surface area contributed by atoms with E-state index in [9.17, 15) is 9.59 Å². The number of carboxylic acids is 1. The molecule has 2 N–H and O–H groups in total. The lowest BCUT2D eigenvalue weighted by Crippen LogP contribution is -2.46. The van der Waals surface area contributed by atoms with Gasteiger partial charge >= 0.3 is 12.0 Å². The molecule has 0 aliphatic carbocycles. The first-order valence-corrected chi connectivity index (χ1v) is 6.63. The largest absolute Gasteiger partial charge is 0.480 e. The number of benzene rings is 1. The molecule has 0 spiro atoms. The molecule has 114 valence electrons. The second-order valence-electron chi connectivity index (χ2n) is 4.20. The number of carbonyl (C=O) groups is 2. The smallest absolute Gasteiger partial charge is 0.325 e. The molecule has 2 amide bonds. The topological polar surface area (TPSA) is 81.1 Å². The first-order valence-electron chi connectivity index (χ1n) is 6.25. The monoisotopic (exact) mass is 312 g/mol. The molecule has 0 aliphatic heterocycles. The highest BCUT2D eigenvalue weighted by Crippen LogP contribution is 2.19. The van der Waals surface area contributed by atoms with Crippen LogP contribution in [0.3, 0.4) is 0 Å². The fraction of sp³-hybridized carbons (Fsp3) is 0.286. The van der Waals surface area contributed by atoms with Gasteiger partial charge in [-0.15, -0.1) is 6.58 Å². The maximum atomic E-state index is 12.4. The Labute approximate surface area is 127 Å². The summed E-state index contributed by atoms with van der Waals surface area (Å²) in [6, 6.07) is 5.75. The van der Waals surface area contributed by atoms with Crippen LogP contribution in [0.5, 0.6) is 0 Å². The summed E-state index contributed by atoms with van der Waals surface area (Å²) in [7, 11) is 0. The van der Waals surface area contributed by atoms with Crippen LogP contribution < -0.4 is 4.90 Å². The van der Waals surface area contributed by atoms with Crippen molar-refractivity contribution in [2.75, 3.05) is 31.1 Å². The Morgan fingerprint density at radius 1 is 1.29 bits per heavy atom. The van der Waals surface area contributed by atoms with Crippen LogP contribution in [0, 0.1) is 0 Å². The van der Waals surface area contributed by atoms with Crippen molar-refractivity contribution in [3.8, 4) is 0 Å². The molecule has 0 heterocycles. The van der Waals surface area contributed by atoms with Gasteiger partial charge in [0.1, 0.15) is 6.54 Å². The van der Waals surface area contributed by atoms with E-state index < -0.39 is 18.5 Å². The Morgan fingerprint density at radius 2 is 1.90 bits per heavy atom. The van der Waals surface area contributed by atoms with E-state index in [0.29, 0.717) is 10.7 Å². The summed E-state index contributed by atoms with van der Waals surface area (Å²) in [6.45, 7) is 3.14. The number of amides is 2. The third-order valence-electron chi connectivity index (χ3n) is 2.65. The molecule has 0 aliphatic rings. The van der Waals surface area contributed by atoms with Crippen molar-refractivity contribution in [3.63, 3.8) is 0 Å². The van der Waals surface area contributed by atoms with Crippen LogP contribution in [-0.2, 0) is 4.79 Å². The van der Waals surface area contributed by atoms with Gasteiger partial charge in [0.05, 0.1) is 6.61 Å². The summed E-state index contributed by atoms with van der Waals surface area (Å²) in [4.78, 5) is 25.8. The van der Waals surface area contributed by atoms with Crippen molar-refractivity contribution in [1.29, 1.82) is 0 Å². The van der Waals surface area contributed by atoms with Crippen LogP contribution in [0.2, 0.25) is 5.02 Å². The molecular formula is C14H17ClN2O4. The molecule has 0 fully saturated rings. The highest BCUT2D eigenvalue weighted by Gasteiger charge is 2.23. The van der Waals surface area contributed by atoms with Crippen molar-refractivity contribution in [2.45, 2.75) is 0 Å². The lowest BCUT2D eigenvalue weighted by Gasteiger charge is -2.28. The van der Waals surface area contributed by atoms with Crippen molar-refractivity contribution in [1.82, 2.24) is 4.90 Å². The normalized spacial score (nSPS) is 10.0. The molecule has 0 bridgehead atoms. The zero-order valence-electron chi connectivity index (χ0n) is 11.4. The van der Waals surface area contributed by atoms with Gasteiger partial charge in [-0.05, 0) is 24.3 Å². The number of hydrogen-bond acceptors (Lipinski definition) is 3. The second-order valence-corrected chi connectivity index (χ2v) is 4.63. The molecule has 0 unspecified atom stereocenters. The molecule has 1 rings (SSSR count). The van der Waals surface area contributed by atoms with Crippen molar-refractivity contribution in [2.24, 2.45) is 0 Å². The Balaban J connectivity index is 3.04.